The topological polar surface area (TPSA) is 72.7 Å². The fraction of sp³-hybridized carbons (Fsp3) is 0.444. The number of nitrogens with one attached hydrogen (secondary N) is 2. The third kappa shape index (κ3) is 6.08. The minimum atomic E-state index is 0. The first-order chi connectivity index (χ1) is 12.1. The van der Waals surface area contributed by atoms with Gasteiger partial charge in [-0.1, -0.05) is 13.8 Å². The van der Waals surface area contributed by atoms with Crippen molar-refractivity contribution in [1.82, 2.24) is 14.9 Å². The minimum Gasteiger partial charge on any atom is -0.493 e. The highest BCUT2D eigenvalue weighted by atomic mass is 127. The Kier molecular flexibility index (Phi) is 9.25. The van der Waals surface area contributed by atoms with E-state index in [-0.39, 0.29) is 24.0 Å². The Hall–Kier alpha value is -1.97. The van der Waals surface area contributed by atoms with Gasteiger partial charge in [-0.15, -0.1) is 24.0 Å². The van der Waals surface area contributed by atoms with Crippen LogP contribution in [0.5, 0.6) is 11.5 Å². The van der Waals surface area contributed by atoms with Gasteiger partial charge in [-0.25, -0.2) is 4.98 Å². The summed E-state index contributed by atoms with van der Waals surface area (Å²) < 4.78 is 12.7. The van der Waals surface area contributed by atoms with E-state index in [1.54, 1.807) is 21.3 Å². The van der Waals surface area contributed by atoms with E-state index < -0.39 is 0 Å². The van der Waals surface area contributed by atoms with Crippen LogP contribution in [0.4, 0.5) is 5.69 Å². The molecule has 0 atom stereocenters. The first kappa shape index (κ1) is 22.1. The van der Waals surface area contributed by atoms with Crippen molar-refractivity contribution in [2.75, 3.05) is 26.6 Å². The smallest absolute Gasteiger partial charge is 0.195 e. The second-order valence-corrected chi connectivity index (χ2v) is 6.01. The van der Waals surface area contributed by atoms with Crippen LogP contribution in [0.1, 0.15) is 19.7 Å². The number of imidazole rings is 1. The fourth-order valence-corrected chi connectivity index (χ4v) is 2.46. The lowest BCUT2D eigenvalue weighted by Gasteiger charge is -2.15. The zero-order valence-electron chi connectivity index (χ0n) is 15.9. The molecule has 2 N–H and O–H groups in total. The Labute approximate surface area is 172 Å². The summed E-state index contributed by atoms with van der Waals surface area (Å²) in [7, 11) is 4.96. The van der Waals surface area contributed by atoms with Crippen molar-refractivity contribution in [3.63, 3.8) is 0 Å². The summed E-state index contributed by atoms with van der Waals surface area (Å²) >= 11 is 0. The van der Waals surface area contributed by atoms with Crippen molar-refractivity contribution in [2.24, 2.45) is 10.9 Å². The summed E-state index contributed by atoms with van der Waals surface area (Å²) in [5.74, 6) is 3.55. The molecule has 1 aromatic heterocycles. The van der Waals surface area contributed by atoms with Crippen LogP contribution < -0.4 is 20.1 Å². The molecule has 2 rings (SSSR count). The van der Waals surface area contributed by atoms with Gasteiger partial charge in [0.15, 0.2) is 17.5 Å². The molecule has 0 saturated carbocycles. The van der Waals surface area contributed by atoms with Gasteiger partial charge < -0.3 is 24.7 Å². The Morgan fingerprint density at radius 1 is 1.23 bits per heavy atom. The van der Waals surface area contributed by atoms with Gasteiger partial charge in [-0.2, -0.15) is 0 Å². The monoisotopic (exact) mass is 473 g/mol. The first-order valence-electron chi connectivity index (χ1n) is 8.27. The molecule has 1 heterocycles. The van der Waals surface area contributed by atoms with Crippen LogP contribution in [0.2, 0.25) is 0 Å². The van der Waals surface area contributed by atoms with E-state index in [1.165, 1.54) is 0 Å². The van der Waals surface area contributed by atoms with Crippen molar-refractivity contribution < 1.29 is 9.47 Å². The number of aromatic nitrogens is 2. The molecule has 0 fully saturated rings. The number of methoxy groups -OCH3 is 2. The highest BCUT2D eigenvalue weighted by Gasteiger charge is 2.08. The number of benzene rings is 1. The van der Waals surface area contributed by atoms with Crippen LogP contribution in [0.3, 0.4) is 0 Å². The number of halogens is 1. The van der Waals surface area contributed by atoms with Gasteiger partial charge in [0.05, 0.1) is 20.8 Å². The molecule has 8 heteroatoms. The third-order valence-electron chi connectivity index (χ3n) is 3.65. The molecular weight excluding hydrogens is 445 g/mol. The standard InChI is InChI=1S/C18H27N5O2.HI/c1-13(2)12-23-9-8-20-17(23)11-21-18(19-3)22-14-6-7-15(24-4)16(10-14)25-5;/h6-10,13H,11-12H2,1-5H3,(H2,19,21,22);1H. The van der Waals surface area contributed by atoms with Crippen LogP contribution in [0.15, 0.2) is 35.6 Å². The van der Waals surface area contributed by atoms with E-state index in [0.29, 0.717) is 29.9 Å². The molecule has 7 nitrogen and oxygen atoms in total. The van der Waals surface area contributed by atoms with Gasteiger partial charge >= 0.3 is 0 Å². The number of rotatable bonds is 7. The zero-order valence-corrected chi connectivity index (χ0v) is 18.3. The lowest BCUT2D eigenvalue weighted by Crippen LogP contribution is -2.31. The van der Waals surface area contributed by atoms with Crippen LogP contribution in [-0.2, 0) is 13.1 Å². The van der Waals surface area contributed by atoms with Gasteiger partial charge in [0, 0.05) is 37.7 Å². The molecule has 0 aliphatic heterocycles. The molecule has 0 aliphatic rings. The van der Waals surface area contributed by atoms with Crippen LogP contribution >= 0.6 is 24.0 Å². The van der Waals surface area contributed by atoms with Crippen LogP contribution in [0.25, 0.3) is 0 Å². The molecule has 0 spiro atoms. The molecule has 26 heavy (non-hydrogen) atoms. The van der Waals surface area contributed by atoms with E-state index in [1.807, 2.05) is 30.6 Å². The third-order valence-corrected chi connectivity index (χ3v) is 3.65. The summed E-state index contributed by atoms with van der Waals surface area (Å²) in [5, 5.41) is 6.53. The lowest BCUT2D eigenvalue weighted by atomic mass is 10.2. The van der Waals surface area contributed by atoms with Crippen LogP contribution in [-0.4, -0.2) is 36.8 Å². The van der Waals surface area contributed by atoms with Gasteiger partial charge in [0.25, 0.3) is 0 Å². The number of guanidine groups is 1. The van der Waals surface area contributed by atoms with E-state index >= 15 is 0 Å². The largest absolute Gasteiger partial charge is 0.493 e. The highest BCUT2D eigenvalue weighted by molar-refractivity contribution is 14.0. The second-order valence-electron chi connectivity index (χ2n) is 6.01. The fourth-order valence-electron chi connectivity index (χ4n) is 2.46. The highest BCUT2D eigenvalue weighted by Crippen LogP contribution is 2.29. The summed E-state index contributed by atoms with van der Waals surface area (Å²) in [6, 6.07) is 5.63. The number of anilines is 1. The molecule has 0 unspecified atom stereocenters. The van der Waals surface area contributed by atoms with Gasteiger partial charge in [0.2, 0.25) is 0 Å². The lowest BCUT2D eigenvalue weighted by molar-refractivity contribution is 0.355. The molecule has 0 amide bonds. The Morgan fingerprint density at radius 2 is 1.96 bits per heavy atom. The molecule has 0 saturated heterocycles. The Bertz CT molecular complexity index is 715. The number of ether oxygens (including phenoxy) is 2. The van der Waals surface area contributed by atoms with Crippen molar-refractivity contribution in [3.05, 3.63) is 36.4 Å². The van der Waals surface area contributed by atoms with E-state index in [2.05, 4.69) is 39.0 Å². The first-order valence-corrected chi connectivity index (χ1v) is 8.27. The van der Waals surface area contributed by atoms with E-state index in [0.717, 1.165) is 18.1 Å². The maximum Gasteiger partial charge on any atom is 0.195 e. The Balaban J connectivity index is 0.00000338. The SMILES string of the molecule is CN=C(NCc1nccn1CC(C)C)Nc1ccc(OC)c(OC)c1.I. The summed E-state index contributed by atoms with van der Waals surface area (Å²) in [6.45, 7) is 5.91. The summed E-state index contributed by atoms with van der Waals surface area (Å²) in [6.07, 6.45) is 3.82. The summed E-state index contributed by atoms with van der Waals surface area (Å²) in [4.78, 5) is 8.67. The predicted octanol–water partition coefficient (Wildman–Crippen LogP) is 3.36. The quantitative estimate of drug-likeness (QED) is 0.367. The normalized spacial score (nSPS) is 11.1. The van der Waals surface area contributed by atoms with Crippen molar-refractivity contribution in [2.45, 2.75) is 26.9 Å². The van der Waals surface area contributed by atoms with E-state index in [9.17, 15) is 0 Å². The number of hydrogen-bond donors (Lipinski definition) is 2. The average Bonchev–Trinajstić information content (AvgIpc) is 3.04. The molecular formula is C18H28IN5O2. The van der Waals surface area contributed by atoms with Gasteiger partial charge in [-0.3, -0.25) is 4.99 Å². The molecule has 144 valence electrons. The summed E-state index contributed by atoms with van der Waals surface area (Å²) in [5.41, 5.74) is 0.858. The van der Waals surface area contributed by atoms with Crippen LogP contribution in [0, 0.1) is 5.92 Å². The van der Waals surface area contributed by atoms with E-state index in [4.69, 9.17) is 9.47 Å². The maximum atomic E-state index is 5.33. The maximum absolute atomic E-state index is 5.33. The number of hydrogen-bond acceptors (Lipinski definition) is 4. The average molecular weight is 473 g/mol. The Morgan fingerprint density at radius 3 is 2.58 bits per heavy atom. The van der Waals surface area contributed by atoms with Crippen molar-refractivity contribution in [1.29, 1.82) is 0 Å². The molecule has 2 aromatic rings. The number of aliphatic imine (C=N–C) groups is 1. The minimum absolute atomic E-state index is 0. The molecule has 0 bridgehead atoms. The number of nitrogens with zero attached hydrogens (tertiary/aromatic N) is 3. The second kappa shape index (κ2) is 10.9. The zero-order chi connectivity index (χ0) is 18.2. The van der Waals surface area contributed by atoms with Gasteiger partial charge in [0.1, 0.15) is 5.82 Å². The molecule has 0 radical (unpaired) electrons. The van der Waals surface area contributed by atoms with Crippen molar-refractivity contribution in [3.8, 4) is 11.5 Å². The molecule has 1 aromatic carbocycles. The van der Waals surface area contributed by atoms with Crippen molar-refractivity contribution >= 4 is 35.6 Å². The predicted molar refractivity (Wildman–Crippen MR) is 116 cm³/mol. The van der Waals surface area contributed by atoms with Gasteiger partial charge in [-0.05, 0) is 18.1 Å². The molecule has 0 aliphatic carbocycles.